The fourth-order valence-electron chi connectivity index (χ4n) is 1.64. The molecular formula is C12H16N2O5. The summed E-state index contributed by atoms with van der Waals surface area (Å²) < 4.78 is 5.01. The number of nitro groups is 1. The number of nitrogens with zero attached hydrogens (tertiary/aromatic N) is 2. The van der Waals surface area contributed by atoms with Crippen molar-refractivity contribution in [2.45, 2.75) is 13.0 Å². The van der Waals surface area contributed by atoms with Crippen LogP contribution >= 0.6 is 0 Å². The Labute approximate surface area is 110 Å². The van der Waals surface area contributed by atoms with Gasteiger partial charge in [0.2, 0.25) is 0 Å². The molecule has 1 aromatic carbocycles. The average molecular weight is 268 g/mol. The van der Waals surface area contributed by atoms with E-state index in [2.05, 4.69) is 0 Å². The van der Waals surface area contributed by atoms with Gasteiger partial charge in [0, 0.05) is 19.2 Å². The van der Waals surface area contributed by atoms with Gasteiger partial charge in [-0.3, -0.25) is 14.9 Å². The van der Waals surface area contributed by atoms with E-state index in [4.69, 9.17) is 9.84 Å². The average Bonchev–Trinajstić information content (AvgIpc) is 2.35. The molecule has 19 heavy (non-hydrogen) atoms. The Bertz CT molecular complexity index is 475. The molecule has 104 valence electrons. The van der Waals surface area contributed by atoms with Crippen molar-refractivity contribution in [3.8, 4) is 5.75 Å². The lowest BCUT2D eigenvalue weighted by atomic mass is 10.1. The summed E-state index contributed by atoms with van der Waals surface area (Å²) in [4.78, 5) is 22.5. The van der Waals surface area contributed by atoms with Gasteiger partial charge in [-0.05, 0) is 18.7 Å². The van der Waals surface area contributed by atoms with Gasteiger partial charge >= 0.3 is 5.97 Å². The van der Waals surface area contributed by atoms with E-state index in [9.17, 15) is 14.9 Å². The molecule has 0 aliphatic carbocycles. The van der Waals surface area contributed by atoms with Crippen LogP contribution in [0.15, 0.2) is 18.2 Å². The molecule has 0 aromatic heterocycles. The summed E-state index contributed by atoms with van der Waals surface area (Å²) in [6.45, 7) is 0.797. The van der Waals surface area contributed by atoms with Crippen molar-refractivity contribution >= 4 is 11.7 Å². The lowest BCUT2D eigenvalue weighted by Gasteiger charge is -2.15. The normalized spacial score (nSPS) is 10.5. The lowest BCUT2D eigenvalue weighted by Crippen LogP contribution is -2.21. The topological polar surface area (TPSA) is 92.9 Å². The minimum absolute atomic E-state index is 0.0303. The minimum Gasteiger partial charge on any atom is -0.496 e. The molecule has 7 heteroatoms. The molecule has 0 fully saturated rings. The van der Waals surface area contributed by atoms with E-state index in [-0.39, 0.29) is 12.1 Å². The molecule has 0 aliphatic rings. The van der Waals surface area contributed by atoms with Gasteiger partial charge in [0.15, 0.2) is 0 Å². The molecule has 1 N–H and O–H groups in total. The Morgan fingerprint density at radius 1 is 1.47 bits per heavy atom. The number of hydrogen-bond acceptors (Lipinski definition) is 5. The third-order valence-corrected chi connectivity index (χ3v) is 2.56. The standard InChI is InChI=1S/C12H16N2O5/c1-13(4-3-12(15)16)8-9-5-10(14(17)18)7-11(6-9)19-2/h5-7H,3-4,8H2,1-2H3,(H,15,16). The van der Waals surface area contributed by atoms with Gasteiger partial charge in [-0.25, -0.2) is 0 Å². The molecule has 0 amide bonds. The third kappa shape index (κ3) is 4.92. The van der Waals surface area contributed by atoms with Gasteiger partial charge in [-0.2, -0.15) is 0 Å². The van der Waals surface area contributed by atoms with E-state index >= 15 is 0 Å². The number of benzene rings is 1. The number of aliphatic carboxylic acids is 1. The fraction of sp³-hybridized carbons (Fsp3) is 0.417. The summed E-state index contributed by atoms with van der Waals surface area (Å²) in [6, 6.07) is 4.50. The van der Waals surface area contributed by atoms with Gasteiger partial charge in [-0.1, -0.05) is 0 Å². The van der Waals surface area contributed by atoms with Gasteiger partial charge in [0.05, 0.1) is 24.5 Å². The van der Waals surface area contributed by atoms with E-state index < -0.39 is 10.9 Å². The van der Waals surface area contributed by atoms with Crippen molar-refractivity contribution in [2.24, 2.45) is 0 Å². The fourth-order valence-corrected chi connectivity index (χ4v) is 1.64. The number of rotatable bonds is 7. The number of carbonyl (C=O) groups is 1. The zero-order valence-electron chi connectivity index (χ0n) is 10.8. The van der Waals surface area contributed by atoms with Crippen LogP contribution in [-0.4, -0.2) is 41.6 Å². The molecule has 0 bridgehead atoms. The number of non-ortho nitro benzene ring substituents is 1. The van der Waals surface area contributed by atoms with Crippen LogP contribution in [0.3, 0.4) is 0 Å². The first-order chi connectivity index (χ1) is 8.92. The first kappa shape index (κ1) is 14.9. The summed E-state index contributed by atoms with van der Waals surface area (Å²) in [7, 11) is 3.20. The van der Waals surface area contributed by atoms with Gasteiger partial charge < -0.3 is 14.7 Å². The highest BCUT2D eigenvalue weighted by molar-refractivity contribution is 5.66. The zero-order chi connectivity index (χ0) is 14.4. The summed E-state index contributed by atoms with van der Waals surface area (Å²) in [5.74, 6) is -0.459. The Balaban J connectivity index is 2.79. The summed E-state index contributed by atoms with van der Waals surface area (Å²) in [5.41, 5.74) is 0.667. The van der Waals surface area contributed by atoms with Crippen molar-refractivity contribution < 1.29 is 19.6 Å². The van der Waals surface area contributed by atoms with Crippen molar-refractivity contribution in [2.75, 3.05) is 20.7 Å². The molecule has 0 aliphatic heterocycles. The van der Waals surface area contributed by atoms with Gasteiger partial charge in [-0.15, -0.1) is 0 Å². The molecule has 0 atom stereocenters. The number of nitro benzene ring substituents is 1. The van der Waals surface area contributed by atoms with Crippen LogP contribution in [0.5, 0.6) is 5.75 Å². The second-order valence-corrected chi connectivity index (χ2v) is 4.18. The van der Waals surface area contributed by atoms with Gasteiger partial charge in [0.25, 0.3) is 5.69 Å². The predicted octanol–water partition coefficient (Wildman–Crippen LogP) is 1.51. The highest BCUT2D eigenvalue weighted by atomic mass is 16.6. The van der Waals surface area contributed by atoms with Crippen molar-refractivity contribution in [1.29, 1.82) is 0 Å². The minimum atomic E-state index is -0.872. The largest absolute Gasteiger partial charge is 0.496 e. The lowest BCUT2D eigenvalue weighted by molar-refractivity contribution is -0.385. The maximum absolute atomic E-state index is 10.8. The van der Waals surface area contributed by atoms with E-state index in [1.807, 2.05) is 0 Å². The molecule has 0 radical (unpaired) electrons. The molecule has 7 nitrogen and oxygen atoms in total. The smallest absolute Gasteiger partial charge is 0.304 e. The molecule has 0 unspecified atom stereocenters. The van der Waals surface area contributed by atoms with E-state index in [0.717, 1.165) is 0 Å². The number of hydrogen-bond donors (Lipinski definition) is 1. The first-order valence-corrected chi connectivity index (χ1v) is 5.65. The maximum atomic E-state index is 10.8. The molecule has 0 saturated carbocycles. The Morgan fingerprint density at radius 2 is 2.16 bits per heavy atom. The predicted molar refractivity (Wildman–Crippen MR) is 68.2 cm³/mol. The van der Waals surface area contributed by atoms with Crippen LogP contribution in [0.4, 0.5) is 5.69 Å². The second-order valence-electron chi connectivity index (χ2n) is 4.18. The van der Waals surface area contributed by atoms with Crippen LogP contribution in [0.2, 0.25) is 0 Å². The second kappa shape index (κ2) is 6.69. The van der Waals surface area contributed by atoms with E-state index in [1.165, 1.54) is 19.2 Å². The molecule has 0 spiro atoms. The number of carboxylic acid groups (broad SMARTS) is 1. The van der Waals surface area contributed by atoms with Crippen LogP contribution in [0.25, 0.3) is 0 Å². The van der Waals surface area contributed by atoms with E-state index in [1.54, 1.807) is 18.0 Å². The Morgan fingerprint density at radius 3 is 2.68 bits per heavy atom. The molecular weight excluding hydrogens is 252 g/mol. The van der Waals surface area contributed by atoms with Crippen molar-refractivity contribution in [3.05, 3.63) is 33.9 Å². The van der Waals surface area contributed by atoms with Crippen LogP contribution in [0, 0.1) is 10.1 Å². The van der Waals surface area contributed by atoms with Crippen LogP contribution in [-0.2, 0) is 11.3 Å². The third-order valence-electron chi connectivity index (χ3n) is 2.56. The highest BCUT2D eigenvalue weighted by Crippen LogP contribution is 2.23. The SMILES string of the molecule is COc1cc(CN(C)CCC(=O)O)cc([N+](=O)[O-])c1. The highest BCUT2D eigenvalue weighted by Gasteiger charge is 2.12. The quantitative estimate of drug-likeness (QED) is 0.595. The monoisotopic (exact) mass is 268 g/mol. The number of carboxylic acids is 1. The molecule has 0 saturated heterocycles. The molecule has 0 heterocycles. The number of ether oxygens (including phenoxy) is 1. The molecule has 1 rings (SSSR count). The van der Waals surface area contributed by atoms with Crippen molar-refractivity contribution in [3.63, 3.8) is 0 Å². The Hall–Kier alpha value is -2.15. The van der Waals surface area contributed by atoms with Crippen molar-refractivity contribution in [1.82, 2.24) is 4.90 Å². The summed E-state index contributed by atoms with van der Waals surface area (Å²) >= 11 is 0. The summed E-state index contributed by atoms with van der Waals surface area (Å²) in [6.07, 6.45) is 0.0303. The number of methoxy groups -OCH3 is 1. The zero-order valence-corrected chi connectivity index (χ0v) is 10.8. The summed E-state index contributed by atoms with van der Waals surface area (Å²) in [5, 5.41) is 19.4. The van der Waals surface area contributed by atoms with Crippen LogP contribution in [0.1, 0.15) is 12.0 Å². The Kier molecular flexibility index (Phi) is 5.25. The molecule has 1 aromatic rings. The van der Waals surface area contributed by atoms with Gasteiger partial charge in [0.1, 0.15) is 5.75 Å². The maximum Gasteiger partial charge on any atom is 0.304 e. The van der Waals surface area contributed by atoms with Crippen LogP contribution < -0.4 is 4.74 Å². The van der Waals surface area contributed by atoms with E-state index in [0.29, 0.717) is 24.4 Å². The first-order valence-electron chi connectivity index (χ1n) is 5.65.